The fourth-order valence-corrected chi connectivity index (χ4v) is 2.23. The quantitative estimate of drug-likeness (QED) is 0.328. The monoisotopic (exact) mass is 339 g/mol. The standard InChI is InChI=1S/C19H17NO5/c1-13-11-17(22)18(19(23)25-13)16(21)8-7-14-5-4-6-15(12-14)24-10-3-2-9-20/h4-8,11-12,18H,2-3,10H2,1H3/b8-7-/t18-/m0/s1. The average Bonchev–Trinajstić information content (AvgIpc) is 2.56. The molecule has 0 aromatic heterocycles. The number of hydrogen-bond donors (Lipinski definition) is 0. The number of carbonyl (C=O) groups is 3. The van der Waals surface area contributed by atoms with E-state index in [-0.39, 0.29) is 5.76 Å². The van der Waals surface area contributed by atoms with Gasteiger partial charge in [-0.3, -0.25) is 14.4 Å². The van der Waals surface area contributed by atoms with Crippen molar-refractivity contribution in [1.82, 2.24) is 0 Å². The summed E-state index contributed by atoms with van der Waals surface area (Å²) in [7, 11) is 0. The van der Waals surface area contributed by atoms with E-state index >= 15 is 0 Å². The molecule has 1 atom stereocenters. The molecule has 0 spiro atoms. The van der Waals surface area contributed by atoms with Crippen LogP contribution in [0.25, 0.3) is 6.08 Å². The maximum absolute atomic E-state index is 12.1. The summed E-state index contributed by atoms with van der Waals surface area (Å²) in [5, 5.41) is 8.48. The van der Waals surface area contributed by atoms with Crippen molar-refractivity contribution in [3.63, 3.8) is 0 Å². The molecule has 0 saturated carbocycles. The van der Waals surface area contributed by atoms with Gasteiger partial charge in [0.05, 0.1) is 12.7 Å². The number of benzene rings is 1. The second-order valence-corrected chi connectivity index (χ2v) is 5.43. The Balaban J connectivity index is 2.01. The molecule has 0 radical (unpaired) electrons. The molecule has 0 amide bonds. The molecule has 25 heavy (non-hydrogen) atoms. The SMILES string of the molecule is CC1=CC(=O)[C@H](C(=O)/C=C\c2cccc(OCCCC#N)c2)C(=O)O1. The predicted octanol–water partition coefficient (Wildman–Crippen LogP) is 2.60. The highest BCUT2D eigenvalue weighted by Gasteiger charge is 2.36. The Kier molecular flexibility index (Phi) is 6.24. The van der Waals surface area contributed by atoms with Crippen LogP contribution in [0.2, 0.25) is 0 Å². The average molecular weight is 339 g/mol. The second-order valence-electron chi connectivity index (χ2n) is 5.43. The summed E-state index contributed by atoms with van der Waals surface area (Å²) < 4.78 is 10.3. The zero-order valence-corrected chi connectivity index (χ0v) is 13.7. The molecule has 2 rings (SSSR count). The molecule has 1 aliphatic rings. The fourth-order valence-electron chi connectivity index (χ4n) is 2.23. The van der Waals surface area contributed by atoms with Crippen molar-refractivity contribution >= 4 is 23.6 Å². The molecule has 1 aliphatic heterocycles. The maximum Gasteiger partial charge on any atom is 0.329 e. The van der Waals surface area contributed by atoms with E-state index in [0.29, 0.717) is 30.8 Å². The number of ether oxygens (including phenoxy) is 2. The van der Waals surface area contributed by atoms with Gasteiger partial charge in [-0.1, -0.05) is 18.2 Å². The number of allylic oxidation sites excluding steroid dienone is 3. The lowest BCUT2D eigenvalue weighted by Crippen LogP contribution is -2.34. The van der Waals surface area contributed by atoms with Gasteiger partial charge in [-0.15, -0.1) is 0 Å². The molecule has 1 heterocycles. The first-order chi connectivity index (χ1) is 12.0. The van der Waals surface area contributed by atoms with Gasteiger partial charge in [-0.05, 0) is 37.1 Å². The molecule has 6 heteroatoms. The van der Waals surface area contributed by atoms with Crippen LogP contribution in [0.4, 0.5) is 0 Å². The van der Waals surface area contributed by atoms with E-state index in [1.54, 1.807) is 24.3 Å². The third kappa shape index (κ3) is 5.15. The number of cyclic esters (lactones) is 1. The van der Waals surface area contributed by atoms with Crippen LogP contribution < -0.4 is 4.74 Å². The highest BCUT2D eigenvalue weighted by atomic mass is 16.5. The van der Waals surface area contributed by atoms with Crippen molar-refractivity contribution in [3.05, 3.63) is 47.7 Å². The molecular weight excluding hydrogens is 322 g/mol. The molecule has 0 aliphatic carbocycles. The Morgan fingerprint density at radius 2 is 2.20 bits per heavy atom. The lowest BCUT2D eigenvalue weighted by atomic mass is 9.96. The van der Waals surface area contributed by atoms with Crippen LogP contribution in [0.1, 0.15) is 25.3 Å². The molecule has 6 nitrogen and oxygen atoms in total. The Morgan fingerprint density at radius 3 is 2.92 bits per heavy atom. The normalized spacial score (nSPS) is 17.0. The van der Waals surface area contributed by atoms with Gasteiger partial charge in [0.2, 0.25) is 0 Å². The Hall–Kier alpha value is -3.20. The minimum Gasteiger partial charge on any atom is -0.494 e. The summed E-state index contributed by atoms with van der Waals surface area (Å²) >= 11 is 0. The Bertz CT molecular complexity index is 785. The van der Waals surface area contributed by atoms with Gasteiger partial charge in [-0.25, -0.2) is 0 Å². The maximum atomic E-state index is 12.1. The van der Waals surface area contributed by atoms with Gasteiger partial charge in [-0.2, -0.15) is 5.26 Å². The lowest BCUT2D eigenvalue weighted by molar-refractivity contribution is -0.151. The minimum atomic E-state index is -1.44. The van der Waals surface area contributed by atoms with Gasteiger partial charge in [0.1, 0.15) is 11.5 Å². The van der Waals surface area contributed by atoms with Crippen molar-refractivity contribution in [3.8, 4) is 11.8 Å². The summed E-state index contributed by atoms with van der Waals surface area (Å²) in [6.45, 7) is 1.90. The van der Waals surface area contributed by atoms with E-state index in [0.717, 1.165) is 6.08 Å². The smallest absolute Gasteiger partial charge is 0.329 e. The first-order valence-corrected chi connectivity index (χ1v) is 7.77. The fraction of sp³-hybridized carbons (Fsp3) is 0.263. The zero-order chi connectivity index (χ0) is 18.2. The summed E-state index contributed by atoms with van der Waals surface area (Å²) in [6.07, 6.45) is 4.90. The van der Waals surface area contributed by atoms with Gasteiger partial charge in [0.25, 0.3) is 0 Å². The van der Waals surface area contributed by atoms with Crippen LogP contribution in [0.15, 0.2) is 42.2 Å². The molecule has 0 unspecified atom stereocenters. The van der Waals surface area contributed by atoms with Gasteiger partial charge in [0, 0.05) is 12.5 Å². The molecule has 1 aromatic rings. The van der Waals surface area contributed by atoms with Crippen LogP contribution >= 0.6 is 0 Å². The molecule has 0 N–H and O–H groups in total. The number of esters is 1. The van der Waals surface area contributed by atoms with Crippen LogP contribution in [0.5, 0.6) is 5.75 Å². The highest BCUT2D eigenvalue weighted by molar-refractivity contribution is 6.25. The topological polar surface area (TPSA) is 93.5 Å². The van der Waals surface area contributed by atoms with Gasteiger partial charge in [0.15, 0.2) is 17.5 Å². The lowest BCUT2D eigenvalue weighted by Gasteiger charge is -2.15. The number of nitriles is 1. The number of carbonyl (C=O) groups excluding carboxylic acids is 3. The molecule has 1 aromatic carbocycles. The first-order valence-electron chi connectivity index (χ1n) is 7.77. The van der Waals surface area contributed by atoms with E-state index in [9.17, 15) is 14.4 Å². The predicted molar refractivity (Wildman–Crippen MR) is 89.2 cm³/mol. The molecule has 0 bridgehead atoms. The largest absolute Gasteiger partial charge is 0.494 e. The number of hydrogen-bond acceptors (Lipinski definition) is 6. The van der Waals surface area contributed by atoms with Crippen molar-refractivity contribution in [1.29, 1.82) is 5.26 Å². The summed E-state index contributed by atoms with van der Waals surface area (Å²) in [5.74, 6) is -2.69. The van der Waals surface area contributed by atoms with Gasteiger partial charge < -0.3 is 9.47 Å². The zero-order valence-electron chi connectivity index (χ0n) is 13.7. The van der Waals surface area contributed by atoms with E-state index in [2.05, 4.69) is 0 Å². The summed E-state index contributed by atoms with van der Waals surface area (Å²) in [4.78, 5) is 35.7. The van der Waals surface area contributed by atoms with Crippen molar-refractivity contribution in [2.24, 2.45) is 5.92 Å². The number of rotatable bonds is 7. The van der Waals surface area contributed by atoms with E-state index < -0.39 is 23.5 Å². The third-order valence-electron chi connectivity index (χ3n) is 3.41. The van der Waals surface area contributed by atoms with Crippen LogP contribution in [-0.2, 0) is 19.1 Å². The van der Waals surface area contributed by atoms with E-state index in [4.69, 9.17) is 14.7 Å². The minimum absolute atomic E-state index is 0.185. The van der Waals surface area contributed by atoms with E-state index in [1.165, 1.54) is 19.1 Å². The first kappa shape index (κ1) is 18.1. The van der Waals surface area contributed by atoms with E-state index in [1.807, 2.05) is 6.07 Å². The highest BCUT2D eigenvalue weighted by Crippen LogP contribution is 2.18. The Labute approximate surface area is 145 Å². The Morgan fingerprint density at radius 1 is 1.40 bits per heavy atom. The summed E-state index contributed by atoms with van der Waals surface area (Å²) in [6, 6.07) is 9.05. The molecule has 0 saturated heterocycles. The van der Waals surface area contributed by atoms with Crippen molar-refractivity contribution in [2.45, 2.75) is 19.8 Å². The molecule has 128 valence electrons. The molecule has 0 fully saturated rings. The summed E-state index contributed by atoms with van der Waals surface area (Å²) in [5.41, 5.74) is 0.689. The van der Waals surface area contributed by atoms with Crippen molar-refractivity contribution < 1.29 is 23.9 Å². The molecular formula is C19H17NO5. The number of ketones is 2. The van der Waals surface area contributed by atoms with Crippen molar-refractivity contribution in [2.75, 3.05) is 6.61 Å². The van der Waals surface area contributed by atoms with Crippen LogP contribution in [0, 0.1) is 17.2 Å². The third-order valence-corrected chi connectivity index (χ3v) is 3.41. The second kappa shape index (κ2) is 8.60. The number of nitrogens with zero attached hydrogens (tertiary/aromatic N) is 1. The van der Waals surface area contributed by atoms with Gasteiger partial charge >= 0.3 is 5.97 Å². The van der Waals surface area contributed by atoms with Crippen LogP contribution in [0.3, 0.4) is 0 Å². The van der Waals surface area contributed by atoms with Crippen LogP contribution in [-0.4, -0.2) is 24.1 Å². The number of unbranched alkanes of at least 4 members (excludes halogenated alkanes) is 1.